The van der Waals surface area contributed by atoms with Gasteiger partial charge in [-0.2, -0.15) is 0 Å². The molecule has 4 aliphatic heterocycles. The van der Waals surface area contributed by atoms with Crippen molar-refractivity contribution in [1.29, 1.82) is 0 Å². The third-order valence-corrected chi connectivity index (χ3v) is 17.8. The van der Waals surface area contributed by atoms with Crippen LogP contribution in [0.25, 0.3) is 56.8 Å². The number of rotatable bonds is 8. The first kappa shape index (κ1) is 70.0. The van der Waals surface area contributed by atoms with E-state index in [2.05, 4.69) is 102 Å². The Morgan fingerprint density at radius 2 is 0.867 bits per heavy atom. The van der Waals surface area contributed by atoms with E-state index in [1.54, 1.807) is 61.5 Å². The van der Waals surface area contributed by atoms with Gasteiger partial charge in [0.25, 0.3) is 23.6 Å². The quantitative estimate of drug-likeness (QED) is 0.119. The molecule has 98 heavy (non-hydrogen) atoms. The summed E-state index contributed by atoms with van der Waals surface area (Å²) in [6.45, 7) is 4.47. The van der Waals surface area contributed by atoms with Gasteiger partial charge in [0.15, 0.2) is 11.6 Å². The Balaban J connectivity index is 0.000000134. The van der Waals surface area contributed by atoms with Gasteiger partial charge in [0, 0.05) is 115 Å². The average Bonchev–Trinajstić information content (AvgIpc) is 1.63. The first-order valence-electron chi connectivity index (χ1n) is 30.7. The number of carbonyl (C=O) groups excluding carboxylic acids is 4. The van der Waals surface area contributed by atoms with Crippen LogP contribution in [0, 0.1) is 6.92 Å². The van der Waals surface area contributed by atoms with Gasteiger partial charge in [-0.15, -0.1) is 20.4 Å². The van der Waals surface area contributed by atoms with Crippen LogP contribution in [0.4, 0.5) is 5.82 Å². The predicted octanol–water partition coefficient (Wildman–Crippen LogP) is 12.7. The molecule has 18 rings (SSSR count). The number of imidazole rings is 4. The number of benzene rings is 4. The number of fused-ring (bicyclic) bond motifs is 4. The van der Waals surface area contributed by atoms with Crippen LogP contribution in [0.5, 0.6) is 0 Å². The zero-order chi connectivity index (χ0) is 65.9. The van der Waals surface area contributed by atoms with E-state index in [0.29, 0.717) is 49.6 Å². The largest absolute Gasteiger partial charge is 0.348 e. The number of aryl methyl sites for hydroxylation is 5. The molecule has 3 N–H and O–H groups in total. The molecule has 8 aromatic heterocycles. The molecule has 6 aliphatic rings. The smallest absolute Gasteiger partial charge is 0.260 e. The summed E-state index contributed by atoms with van der Waals surface area (Å²) in [6.07, 6.45) is 22.6. The van der Waals surface area contributed by atoms with Crippen molar-refractivity contribution in [2.24, 2.45) is 28.2 Å². The van der Waals surface area contributed by atoms with Gasteiger partial charge in [-0.3, -0.25) is 24.1 Å². The molecule has 502 valence electrons. The summed E-state index contributed by atoms with van der Waals surface area (Å²) in [5.41, 5.74) is 16.1. The zero-order valence-corrected chi connectivity index (χ0v) is 55.6. The van der Waals surface area contributed by atoms with Crippen molar-refractivity contribution in [3.05, 3.63) is 231 Å². The highest BCUT2D eigenvalue weighted by Crippen LogP contribution is 2.39. The molecule has 12 heterocycles. The van der Waals surface area contributed by atoms with Crippen LogP contribution in [0.2, 0.25) is 0 Å². The lowest BCUT2D eigenvalue weighted by Gasteiger charge is -2.15. The summed E-state index contributed by atoms with van der Waals surface area (Å²) in [5.74, 6) is 2.25. The number of halogens is 2. The molecule has 24 nitrogen and oxygen atoms in total. The molecule has 2 aliphatic carbocycles. The highest BCUT2D eigenvalue weighted by Gasteiger charge is 2.32. The topological polar surface area (TPSA) is 266 Å². The number of carbonyl (C=O) groups is 4. The predicted molar refractivity (Wildman–Crippen MR) is 383 cm³/mol. The molecule has 0 atom stereocenters. The summed E-state index contributed by atoms with van der Waals surface area (Å²) in [4.78, 5) is 74.4. The Kier molecular flexibility index (Phi) is 21.8. The van der Waals surface area contributed by atoms with Gasteiger partial charge in [-0.25, -0.2) is 29.9 Å². The SMILES string of the molecule is Brc1cccc(-c2nncn2C2CC2)n1.C.C.C.Cc1cncn1C.Cn1cncc1-c1ccc2c(c1)C(=O)N(c1cccc(-c3nncn3C3CC3)n1)C2.Cn1cncc1-c1ccc2c(c1)C(=O)NC2.Cn1cncc1-c1ccc2c(c1)C(=O)NC2.O=C1NCc2ccc(Br)cc21. The van der Waals surface area contributed by atoms with Gasteiger partial charge in [0.1, 0.15) is 34.5 Å². The Morgan fingerprint density at radius 3 is 1.29 bits per heavy atom. The normalized spacial score (nSPS) is 13.9. The van der Waals surface area contributed by atoms with Crippen molar-refractivity contribution in [2.75, 3.05) is 4.90 Å². The minimum atomic E-state index is -0.0395. The highest BCUT2D eigenvalue weighted by molar-refractivity contribution is 9.10. The number of pyridine rings is 2. The van der Waals surface area contributed by atoms with Gasteiger partial charge in [-0.05, 0) is 125 Å². The van der Waals surface area contributed by atoms with Crippen LogP contribution >= 0.6 is 31.9 Å². The van der Waals surface area contributed by atoms with E-state index in [1.165, 1.54) is 18.5 Å². The van der Waals surface area contributed by atoms with Gasteiger partial charge < -0.3 is 43.4 Å². The Labute approximate surface area is 585 Å². The van der Waals surface area contributed by atoms with Crippen molar-refractivity contribution >= 4 is 61.3 Å². The molecule has 2 saturated carbocycles. The minimum absolute atomic E-state index is 0. The van der Waals surface area contributed by atoms with E-state index in [1.807, 2.05) is 169 Å². The molecule has 0 spiro atoms. The first-order valence-corrected chi connectivity index (χ1v) is 32.3. The summed E-state index contributed by atoms with van der Waals surface area (Å²) >= 11 is 6.67. The van der Waals surface area contributed by atoms with Crippen LogP contribution in [-0.4, -0.2) is 101 Å². The molecular weight excluding hydrogens is 1370 g/mol. The summed E-state index contributed by atoms with van der Waals surface area (Å²) in [5, 5.41) is 24.8. The number of hydrogen-bond donors (Lipinski definition) is 3. The molecule has 26 heteroatoms. The maximum atomic E-state index is 13.2. The van der Waals surface area contributed by atoms with Crippen molar-refractivity contribution < 1.29 is 19.2 Å². The molecule has 12 aromatic rings. The lowest BCUT2D eigenvalue weighted by atomic mass is 10.0. The van der Waals surface area contributed by atoms with E-state index >= 15 is 0 Å². The van der Waals surface area contributed by atoms with E-state index in [4.69, 9.17) is 4.98 Å². The number of amides is 4. The van der Waals surface area contributed by atoms with Gasteiger partial charge in [0.2, 0.25) is 0 Å². The van der Waals surface area contributed by atoms with E-state index in [-0.39, 0.29) is 45.9 Å². The van der Waals surface area contributed by atoms with Crippen LogP contribution < -0.4 is 20.9 Å². The van der Waals surface area contributed by atoms with Crippen molar-refractivity contribution in [3.8, 4) is 56.8 Å². The summed E-state index contributed by atoms with van der Waals surface area (Å²) < 4.78 is 13.8. The lowest BCUT2D eigenvalue weighted by molar-refractivity contribution is 0.0957. The van der Waals surface area contributed by atoms with Crippen LogP contribution in [0.3, 0.4) is 0 Å². The molecule has 4 aromatic carbocycles. The lowest BCUT2D eigenvalue weighted by Crippen LogP contribution is -2.24. The maximum Gasteiger partial charge on any atom is 0.260 e. The molecule has 0 saturated heterocycles. The molecule has 2 fully saturated rings. The third-order valence-electron chi connectivity index (χ3n) is 16.9. The number of anilines is 1. The molecule has 4 amide bonds. The number of nitrogens with one attached hydrogen (secondary N) is 3. The fraction of sp³-hybridized carbons (Fsp3) is 0.250. The number of hydrogen-bond acceptors (Lipinski definition) is 14. The van der Waals surface area contributed by atoms with E-state index < -0.39 is 0 Å². The van der Waals surface area contributed by atoms with Crippen molar-refractivity contribution in [2.45, 2.75) is 93.1 Å². The van der Waals surface area contributed by atoms with Gasteiger partial charge in [0.05, 0.1) is 67.5 Å². The zero-order valence-electron chi connectivity index (χ0n) is 52.5. The van der Waals surface area contributed by atoms with Crippen molar-refractivity contribution in [1.82, 2.24) is 93.7 Å². The molecular formula is C72H76Br2N20O4. The van der Waals surface area contributed by atoms with Crippen LogP contribution in [0.15, 0.2) is 181 Å². The Hall–Kier alpha value is -10.9. The van der Waals surface area contributed by atoms with E-state index in [9.17, 15) is 19.2 Å². The van der Waals surface area contributed by atoms with Crippen LogP contribution in [0.1, 0.15) is 129 Å². The number of aromatic nitrogens is 16. The standard InChI is InChI=1S/C22H19N7O.2C12H11N3O.C10H9BrN4.C8H6BrNO.C5H8N2.3CH4/c1-27-12-23-10-19(27)14-5-6-15-11-28(22(30)17(15)9-14)20-4-2-3-18(25-20)21-26-24-13-29(21)16-7-8-16;2*1-15-7-13-6-11(15)8-2-3-9-5-14-12(16)10(9)4-8;11-9-3-1-2-8(13-9)10-14-12-6-15(10)7-4-5-7;9-6-2-1-5-4-10-8(11)7(5)3-6;1-5-3-6-4-7(5)2;;;/h2-6,9-10,12-13,16H,7-8,11H2,1H3;2*2-4,6-7H,5H2,1H3,(H,14,16);1-3,6-7H,4-5H2;1-3H,4H2,(H,10,11);3-4H,1-2H3;3*1H4. The number of nitrogens with zero attached hydrogens (tertiary/aromatic N) is 17. The summed E-state index contributed by atoms with van der Waals surface area (Å²) in [7, 11) is 7.80. The molecule has 0 bridgehead atoms. The second-order valence-electron chi connectivity index (χ2n) is 23.5. The monoisotopic (exact) mass is 1440 g/mol. The molecule has 0 radical (unpaired) electrons. The maximum absolute atomic E-state index is 13.2. The summed E-state index contributed by atoms with van der Waals surface area (Å²) in [6, 6.07) is 36.2. The Bertz CT molecular complexity index is 4740. The third kappa shape index (κ3) is 15.4. The van der Waals surface area contributed by atoms with Gasteiger partial charge >= 0.3 is 0 Å². The first-order chi connectivity index (χ1) is 46.1. The fourth-order valence-electron chi connectivity index (χ4n) is 11.2. The highest BCUT2D eigenvalue weighted by atomic mass is 79.9. The van der Waals surface area contributed by atoms with Gasteiger partial charge in [-0.1, -0.05) is 92.8 Å². The average molecular weight is 1450 g/mol. The second-order valence-corrected chi connectivity index (χ2v) is 25.2. The van der Waals surface area contributed by atoms with E-state index in [0.717, 1.165) is 118 Å². The Morgan fingerprint density at radius 1 is 0.449 bits per heavy atom. The minimum Gasteiger partial charge on any atom is -0.348 e. The second kappa shape index (κ2) is 30.5. The fourth-order valence-corrected chi connectivity index (χ4v) is 11.9. The van der Waals surface area contributed by atoms with Crippen LogP contribution in [-0.2, 0) is 54.4 Å². The molecule has 0 unspecified atom stereocenters. The van der Waals surface area contributed by atoms with Crippen molar-refractivity contribution in [3.63, 3.8) is 0 Å².